The molecule has 114 valence electrons. The van der Waals surface area contributed by atoms with E-state index in [4.69, 9.17) is 0 Å². The molecule has 1 aromatic carbocycles. The van der Waals surface area contributed by atoms with Crippen LogP contribution in [0.3, 0.4) is 0 Å². The Morgan fingerprint density at radius 2 is 1.73 bits per heavy atom. The molecule has 0 amide bonds. The smallest absolute Gasteiger partial charge is 0.291 e. The Hall–Kier alpha value is -2.02. The zero-order valence-electron chi connectivity index (χ0n) is 11.4. The van der Waals surface area contributed by atoms with Gasteiger partial charge in [0.05, 0.1) is 0 Å². The Morgan fingerprint density at radius 3 is 2.36 bits per heavy atom. The van der Waals surface area contributed by atoms with Crippen LogP contribution in [0.25, 0.3) is 16.9 Å². The quantitative estimate of drug-likeness (QED) is 0.484. The molecule has 0 aliphatic rings. The molecule has 0 radical (unpaired) electrons. The molecule has 0 aliphatic heterocycles. The second kappa shape index (κ2) is 5.31. The van der Waals surface area contributed by atoms with Crippen molar-refractivity contribution >= 4 is 17.4 Å². The fourth-order valence-corrected chi connectivity index (χ4v) is 2.83. The minimum Gasteiger partial charge on any atom is -0.291 e. The van der Waals surface area contributed by atoms with Crippen LogP contribution in [-0.2, 0) is 0 Å². The Morgan fingerprint density at radius 1 is 1.05 bits per heavy atom. The predicted molar refractivity (Wildman–Crippen MR) is 77.2 cm³/mol. The summed E-state index contributed by atoms with van der Waals surface area (Å²) >= 11 is -0.295. The van der Waals surface area contributed by atoms with Gasteiger partial charge in [0, 0.05) is 23.5 Å². The lowest BCUT2D eigenvalue weighted by Gasteiger charge is -2.08. The molecule has 0 saturated carbocycles. The maximum Gasteiger partial charge on any atom is 0.447 e. The highest BCUT2D eigenvalue weighted by Crippen LogP contribution is 2.42. The first-order valence-corrected chi connectivity index (χ1v) is 7.15. The Balaban J connectivity index is 2.23. The summed E-state index contributed by atoms with van der Waals surface area (Å²) in [5, 5.41) is -0.147. The standard InChI is InChI=1S/C15H10F4N2S/c1-9-2-4-10(5-3-9)13-14(22-15(17,18)19)21-8-11(16)6-7-12(21)20-13/h2-8H,1H3. The van der Waals surface area contributed by atoms with Crippen molar-refractivity contribution in [3.63, 3.8) is 0 Å². The monoisotopic (exact) mass is 326 g/mol. The van der Waals surface area contributed by atoms with Gasteiger partial charge in [-0.3, -0.25) is 4.40 Å². The van der Waals surface area contributed by atoms with E-state index in [-0.39, 0.29) is 28.1 Å². The van der Waals surface area contributed by atoms with Gasteiger partial charge in [-0.25, -0.2) is 9.37 Å². The van der Waals surface area contributed by atoms with Gasteiger partial charge in [0.1, 0.15) is 22.2 Å². The molecule has 0 bridgehead atoms. The van der Waals surface area contributed by atoms with E-state index in [9.17, 15) is 17.6 Å². The summed E-state index contributed by atoms with van der Waals surface area (Å²) in [6.45, 7) is 1.88. The van der Waals surface area contributed by atoms with Crippen molar-refractivity contribution in [1.29, 1.82) is 0 Å². The van der Waals surface area contributed by atoms with Gasteiger partial charge in [-0.15, -0.1) is 0 Å². The van der Waals surface area contributed by atoms with Crippen molar-refractivity contribution in [3.05, 3.63) is 54.0 Å². The predicted octanol–water partition coefficient (Wildman–Crippen LogP) is 5.06. The van der Waals surface area contributed by atoms with Gasteiger partial charge >= 0.3 is 5.51 Å². The molecule has 0 aliphatic carbocycles. The van der Waals surface area contributed by atoms with Crippen molar-refractivity contribution in [2.75, 3.05) is 0 Å². The van der Waals surface area contributed by atoms with E-state index in [1.807, 2.05) is 6.92 Å². The molecule has 7 heteroatoms. The molecule has 0 saturated heterocycles. The van der Waals surface area contributed by atoms with Gasteiger partial charge in [-0.05, 0) is 19.1 Å². The summed E-state index contributed by atoms with van der Waals surface area (Å²) < 4.78 is 53.0. The molecule has 3 aromatic rings. The van der Waals surface area contributed by atoms with Crippen molar-refractivity contribution in [2.24, 2.45) is 0 Å². The number of aryl methyl sites for hydroxylation is 1. The molecule has 0 atom stereocenters. The van der Waals surface area contributed by atoms with Crippen molar-refractivity contribution in [3.8, 4) is 11.3 Å². The molecule has 0 N–H and O–H groups in total. The Kier molecular flexibility index (Phi) is 3.60. The first kappa shape index (κ1) is 14.9. The number of nitrogens with zero attached hydrogens (tertiary/aromatic N) is 2. The Labute approximate surface area is 127 Å². The lowest BCUT2D eigenvalue weighted by molar-refractivity contribution is -0.0329. The lowest BCUT2D eigenvalue weighted by Crippen LogP contribution is -2.02. The molecule has 2 nitrogen and oxygen atoms in total. The molecule has 0 spiro atoms. The van der Waals surface area contributed by atoms with Crippen molar-refractivity contribution in [2.45, 2.75) is 17.5 Å². The fraction of sp³-hybridized carbons (Fsp3) is 0.133. The van der Waals surface area contributed by atoms with E-state index in [1.165, 1.54) is 12.1 Å². The van der Waals surface area contributed by atoms with Gasteiger partial charge < -0.3 is 0 Å². The van der Waals surface area contributed by atoms with Crippen LogP contribution >= 0.6 is 11.8 Å². The average Bonchev–Trinajstić information content (AvgIpc) is 2.76. The van der Waals surface area contributed by atoms with Crippen LogP contribution in [-0.4, -0.2) is 14.9 Å². The maximum atomic E-state index is 13.4. The zero-order valence-corrected chi connectivity index (χ0v) is 12.2. The van der Waals surface area contributed by atoms with E-state index in [1.54, 1.807) is 24.3 Å². The average molecular weight is 326 g/mol. The molecule has 0 fully saturated rings. The number of halogens is 4. The summed E-state index contributed by atoms with van der Waals surface area (Å²) in [7, 11) is 0. The number of fused-ring (bicyclic) bond motifs is 1. The van der Waals surface area contributed by atoms with E-state index < -0.39 is 11.3 Å². The van der Waals surface area contributed by atoms with Crippen molar-refractivity contribution < 1.29 is 17.6 Å². The van der Waals surface area contributed by atoms with Crippen LogP contribution in [0.15, 0.2) is 47.6 Å². The summed E-state index contributed by atoms with van der Waals surface area (Å²) in [6.07, 6.45) is 1.01. The molecule has 2 aromatic heterocycles. The minimum atomic E-state index is -4.48. The van der Waals surface area contributed by atoms with Crippen LogP contribution in [0.2, 0.25) is 0 Å². The number of thioether (sulfide) groups is 1. The normalized spacial score (nSPS) is 12.0. The largest absolute Gasteiger partial charge is 0.447 e. The van der Waals surface area contributed by atoms with Gasteiger partial charge in [0.2, 0.25) is 0 Å². The summed E-state index contributed by atoms with van der Waals surface area (Å²) in [4.78, 5) is 4.21. The third-order valence-electron chi connectivity index (χ3n) is 3.08. The van der Waals surface area contributed by atoms with Crippen LogP contribution in [0.5, 0.6) is 0 Å². The maximum absolute atomic E-state index is 13.4. The summed E-state index contributed by atoms with van der Waals surface area (Å²) in [6, 6.07) is 9.52. The van der Waals surface area contributed by atoms with E-state index in [2.05, 4.69) is 4.98 Å². The number of alkyl halides is 3. The first-order chi connectivity index (χ1) is 10.3. The molecule has 2 heterocycles. The van der Waals surface area contributed by atoms with E-state index in [0.29, 0.717) is 5.56 Å². The molecule has 3 rings (SSSR count). The van der Waals surface area contributed by atoms with Crippen LogP contribution < -0.4 is 0 Å². The van der Waals surface area contributed by atoms with Crippen LogP contribution in [0.4, 0.5) is 17.6 Å². The number of benzene rings is 1. The second-order valence-electron chi connectivity index (χ2n) is 4.75. The van der Waals surface area contributed by atoms with E-state index >= 15 is 0 Å². The number of rotatable bonds is 2. The van der Waals surface area contributed by atoms with Crippen LogP contribution in [0, 0.1) is 12.7 Å². The number of hydrogen-bond donors (Lipinski definition) is 0. The lowest BCUT2D eigenvalue weighted by atomic mass is 10.1. The number of pyridine rings is 1. The minimum absolute atomic E-state index is 0.147. The topological polar surface area (TPSA) is 17.3 Å². The third kappa shape index (κ3) is 2.94. The highest BCUT2D eigenvalue weighted by atomic mass is 32.2. The molecule has 22 heavy (non-hydrogen) atoms. The molecule has 0 unspecified atom stereocenters. The first-order valence-electron chi connectivity index (χ1n) is 6.34. The van der Waals surface area contributed by atoms with Gasteiger partial charge in [0.15, 0.2) is 0 Å². The summed E-state index contributed by atoms with van der Waals surface area (Å²) in [5.74, 6) is -0.621. The van der Waals surface area contributed by atoms with Gasteiger partial charge in [0.25, 0.3) is 0 Å². The fourth-order valence-electron chi connectivity index (χ4n) is 2.10. The molecular weight excluding hydrogens is 316 g/mol. The molecular formula is C15H10F4N2S. The van der Waals surface area contributed by atoms with Crippen molar-refractivity contribution in [1.82, 2.24) is 9.38 Å². The van der Waals surface area contributed by atoms with Gasteiger partial charge in [-0.2, -0.15) is 13.2 Å². The highest BCUT2D eigenvalue weighted by Gasteiger charge is 2.33. The number of hydrogen-bond acceptors (Lipinski definition) is 2. The highest BCUT2D eigenvalue weighted by molar-refractivity contribution is 8.00. The SMILES string of the molecule is Cc1ccc(-c2nc3ccc(F)cn3c2SC(F)(F)F)cc1. The van der Waals surface area contributed by atoms with Crippen LogP contribution in [0.1, 0.15) is 5.56 Å². The van der Waals surface area contributed by atoms with E-state index in [0.717, 1.165) is 16.2 Å². The zero-order chi connectivity index (χ0) is 15.9. The summed E-state index contributed by atoms with van der Waals surface area (Å²) in [5.41, 5.74) is -2.48. The number of aromatic nitrogens is 2. The third-order valence-corrected chi connectivity index (χ3v) is 3.89. The Bertz CT molecular complexity index is 822. The second-order valence-corrected chi connectivity index (χ2v) is 5.81. The van der Waals surface area contributed by atoms with Gasteiger partial charge in [-0.1, -0.05) is 29.8 Å². The number of imidazole rings is 1.